The van der Waals surface area contributed by atoms with Crippen molar-refractivity contribution in [2.45, 2.75) is 0 Å². The van der Waals surface area contributed by atoms with Crippen LogP contribution in [0.5, 0.6) is 0 Å². The van der Waals surface area contributed by atoms with Crippen molar-refractivity contribution < 1.29 is 9.53 Å². The highest BCUT2D eigenvalue weighted by molar-refractivity contribution is 5.84. The van der Waals surface area contributed by atoms with E-state index in [1.54, 1.807) is 6.07 Å². The Balaban J connectivity index is 2.35. The third-order valence-corrected chi connectivity index (χ3v) is 1.73. The maximum atomic E-state index is 11.1. The van der Waals surface area contributed by atoms with Gasteiger partial charge in [-0.2, -0.15) is 9.67 Å². The van der Waals surface area contributed by atoms with E-state index in [0.717, 1.165) is 0 Å². The Morgan fingerprint density at radius 2 is 2.31 bits per heavy atom. The zero-order chi connectivity index (χ0) is 11.5. The molecular formula is C8H8N6O2. The highest BCUT2D eigenvalue weighted by atomic mass is 16.5. The first kappa shape index (κ1) is 10.0. The van der Waals surface area contributed by atoms with Gasteiger partial charge in [0, 0.05) is 6.20 Å². The van der Waals surface area contributed by atoms with E-state index >= 15 is 0 Å². The first-order chi connectivity index (χ1) is 7.70. The zero-order valence-electron chi connectivity index (χ0n) is 8.36. The standard InChI is InChI=1S/C8H8N6O2/c1-16-7(15)6-11-4-14(13-6)8-10-3-2-5(9)12-8/h2-4H,1H3,(H2,9,10,12). The molecule has 0 saturated heterocycles. The first-order valence-corrected chi connectivity index (χ1v) is 4.29. The largest absolute Gasteiger partial charge is 0.463 e. The van der Waals surface area contributed by atoms with Crippen LogP contribution in [0.15, 0.2) is 18.6 Å². The monoisotopic (exact) mass is 220 g/mol. The van der Waals surface area contributed by atoms with Crippen LogP contribution in [0.1, 0.15) is 10.6 Å². The summed E-state index contributed by atoms with van der Waals surface area (Å²) in [7, 11) is 1.25. The molecule has 0 spiro atoms. The topological polar surface area (TPSA) is 109 Å². The van der Waals surface area contributed by atoms with Gasteiger partial charge in [-0.05, 0) is 6.07 Å². The fourth-order valence-electron chi connectivity index (χ4n) is 1.02. The van der Waals surface area contributed by atoms with Crippen LogP contribution in [-0.2, 0) is 4.74 Å². The molecule has 0 atom stereocenters. The van der Waals surface area contributed by atoms with Crippen LogP contribution in [0.2, 0.25) is 0 Å². The van der Waals surface area contributed by atoms with Crippen molar-refractivity contribution in [3.63, 3.8) is 0 Å². The number of esters is 1. The Hall–Kier alpha value is -2.51. The molecule has 2 aromatic rings. The normalized spacial score (nSPS) is 10.1. The van der Waals surface area contributed by atoms with Crippen molar-refractivity contribution in [2.24, 2.45) is 0 Å². The summed E-state index contributed by atoms with van der Waals surface area (Å²) < 4.78 is 5.71. The van der Waals surface area contributed by atoms with Crippen LogP contribution in [0.3, 0.4) is 0 Å². The third kappa shape index (κ3) is 1.80. The summed E-state index contributed by atoms with van der Waals surface area (Å²) in [5.41, 5.74) is 5.48. The van der Waals surface area contributed by atoms with E-state index in [-0.39, 0.29) is 11.8 Å². The average molecular weight is 220 g/mol. The summed E-state index contributed by atoms with van der Waals surface area (Å²) >= 11 is 0. The van der Waals surface area contributed by atoms with E-state index < -0.39 is 5.97 Å². The minimum Gasteiger partial charge on any atom is -0.463 e. The molecule has 0 unspecified atom stereocenters. The summed E-state index contributed by atoms with van der Waals surface area (Å²) in [6, 6.07) is 1.54. The van der Waals surface area contributed by atoms with E-state index in [1.165, 1.54) is 24.3 Å². The second-order valence-corrected chi connectivity index (χ2v) is 2.79. The number of carbonyl (C=O) groups excluding carboxylic acids is 1. The predicted molar refractivity (Wildman–Crippen MR) is 52.7 cm³/mol. The number of carbonyl (C=O) groups is 1. The molecule has 0 aliphatic carbocycles. The van der Waals surface area contributed by atoms with Crippen LogP contribution >= 0.6 is 0 Å². The molecule has 0 amide bonds. The number of aromatic nitrogens is 5. The van der Waals surface area contributed by atoms with Crippen molar-refractivity contribution in [3.05, 3.63) is 24.4 Å². The molecule has 0 fully saturated rings. The predicted octanol–water partition coefficient (Wildman–Crippen LogP) is -0.574. The Kier molecular flexibility index (Phi) is 2.46. The number of nitrogens with zero attached hydrogens (tertiary/aromatic N) is 5. The molecule has 2 heterocycles. The zero-order valence-corrected chi connectivity index (χ0v) is 8.36. The Bertz CT molecular complexity index is 523. The molecule has 0 aliphatic rings. The smallest absolute Gasteiger partial charge is 0.377 e. The summed E-state index contributed by atoms with van der Waals surface area (Å²) in [6.45, 7) is 0. The number of hydrogen-bond acceptors (Lipinski definition) is 7. The number of nitrogens with two attached hydrogens (primary N) is 1. The summed E-state index contributed by atoms with van der Waals surface area (Å²) in [4.78, 5) is 22.7. The summed E-state index contributed by atoms with van der Waals surface area (Å²) in [5.74, 6) is -0.140. The molecule has 82 valence electrons. The third-order valence-electron chi connectivity index (χ3n) is 1.73. The minimum atomic E-state index is -0.623. The molecule has 2 aromatic heterocycles. The Morgan fingerprint density at radius 1 is 1.50 bits per heavy atom. The van der Waals surface area contributed by atoms with Gasteiger partial charge in [-0.3, -0.25) is 0 Å². The Morgan fingerprint density at radius 3 is 3.00 bits per heavy atom. The van der Waals surface area contributed by atoms with Gasteiger partial charge >= 0.3 is 5.97 Å². The molecule has 8 heteroatoms. The van der Waals surface area contributed by atoms with Crippen LogP contribution in [-0.4, -0.2) is 37.8 Å². The molecule has 0 aromatic carbocycles. The number of rotatable bonds is 2. The Labute approximate surface area is 90.1 Å². The van der Waals surface area contributed by atoms with Gasteiger partial charge in [0.15, 0.2) is 0 Å². The number of nitrogen functional groups attached to an aromatic ring is 1. The van der Waals surface area contributed by atoms with E-state index in [1.807, 2.05) is 0 Å². The number of ether oxygens (including phenoxy) is 1. The number of hydrogen-bond donors (Lipinski definition) is 1. The molecule has 16 heavy (non-hydrogen) atoms. The van der Waals surface area contributed by atoms with E-state index in [4.69, 9.17) is 5.73 Å². The molecule has 0 saturated carbocycles. The maximum absolute atomic E-state index is 11.1. The first-order valence-electron chi connectivity index (χ1n) is 4.29. The van der Waals surface area contributed by atoms with Crippen molar-refractivity contribution in [1.82, 2.24) is 24.7 Å². The van der Waals surface area contributed by atoms with E-state index in [2.05, 4.69) is 24.8 Å². The van der Waals surface area contributed by atoms with E-state index in [9.17, 15) is 4.79 Å². The molecule has 0 aliphatic heterocycles. The van der Waals surface area contributed by atoms with Crippen LogP contribution in [0, 0.1) is 0 Å². The lowest BCUT2D eigenvalue weighted by atomic mass is 10.6. The van der Waals surface area contributed by atoms with Gasteiger partial charge in [0.05, 0.1) is 7.11 Å². The lowest BCUT2D eigenvalue weighted by molar-refractivity contribution is 0.0587. The van der Waals surface area contributed by atoms with Crippen molar-refractivity contribution >= 4 is 11.8 Å². The number of anilines is 1. The fraction of sp³-hybridized carbons (Fsp3) is 0.125. The summed E-state index contributed by atoms with van der Waals surface area (Å²) in [6.07, 6.45) is 2.79. The molecule has 8 nitrogen and oxygen atoms in total. The van der Waals surface area contributed by atoms with Crippen molar-refractivity contribution in [1.29, 1.82) is 0 Å². The maximum Gasteiger partial charge on any atom is 0.377 e. The molecule has 2 N–H and O–H groups in total. The van der Waals surface area contributed by atoms with Gasteiger partial charge in [-0.1, -0.05) is 0 Å². The van der Waals surface area contributed by atoms with Gasteiger partial charge in [0.1, 0.15) is 12.1 Å². The van der Waals surface area contributed by atoms with Gasteiger partial charge in [0.25, 0.3) is 11.8 Å². The lowest BCUT2D eigenvalue weighted by Crippen LogP contribution is -2.07. The van der Waals surface area contributed by atoms with E-state index in [0.29, 0.717) is 5.82 Å². The fourth-order valence-corrected chi connectivity index (χ4v) is 1.02. The second kappa shape index (κ2) is 3.93. The van der Waals surface area contributed by atoms with Gasteiger partial charge in [-0.15, -0.1) is 5.10 Å². The highest BCUT2D eigenvalue weighted by Gasteiger charge is 2.12. The van der Waals surface area contributed by atoms with Crippen molar-refractivity contribution in [3.8, 4) is 5.95 Å². The van der Waals surface area contributed by atoms with Crippen LogP contribution in [0.4, 0.5) is 5.82 Å². The lowest BCUT2D eigenvalue weighted by Gasteiger charge is -1.97. The quantitative estimate of drug-likeness (QED) is 0.674. The second-order valence-electron chi connectivity index (χ2n) is 2.79. The molecule has 2 rings (SSSR count). The average Bonchev–Trinajstić information content (AvgIpc) is 2.77. The number of methoxy groups -OCH3 is 1. The summed E-state index contributed by atoms with van der Waals surface area (Å²) in [5, 5.41) is 3.84. The SMILES string of the molecule is COC(=O)c1ncn(-c2nccc(N)n2)n1. The van der Waals surface area contributed by atoms with Crippen LogP contribution in [0.25, 0.3) is 5.95 Å². The van der Waals surface area contributed by atoms with Crippen LogP contribution < -0.4 is 5.73 Å². The van der Waals surface area contributed by atoms with Gasteiger partial charge in [0.2, 0.25) is 0 Å². The molecule has 0 bridgehead atoms. The van der Waals surface area contributed by atoms with Crippen molar-refractivity contribution in [2.75, 3.05) is 12.8 Å². The molecule has 0 radical (unpaired) electrons. The van der Waals surface area contributed by atoms with Gasteiger partial charge < -0.3 is 10.5 Å². The van der Waals surface area contributed by atoms with Gasteiger partial charge in [-0.25, -0.2) is 14.8 Å². The molecular weight excluding hydrogens is 212 g/mol. The minimum absolute atomic E-state index is 0.0616. The highest BCUT2D eigenvalue weighted by Crippen LogP contribution is 2.02.